The molecule has 1 aliphatic rings. The first kappa shape index (κ1) is 14.6. The number of rotatable bonds is 3. The van der Waals surface area contributed by atoms with Gasteiger partial charge in [-0.3, -0.25) is 0 Å². The Kier molecular flexibility index (Phi) is 3.41. The van der Waals surface area contributed by atoms with Crippen molar-refractivity contribution in [3.8, 4) is 11.3 Å². The van der Waals surface area contributed by atoms with Crippen molar-refractivity contribution in [2.24, 2.45) is 0 Å². The van der Waals surface area contributed by atoms with E-state index in [-0.39, 0.29) is 17.3 Å². The quantitative estimate of drug-likeness (QED) is 0.795. The average Bonchev–Trinajstić information content (AvgIpc) is 3.23. The van der Waals surface area contributed by atoms with Gasteiger partial charge in [0.15, 0.2) is 5.82 Å². The van der Waals surface area contributed by atoms with Crippen molar-refractivity contribution >= 4 is 23.0 Å². The fourth-order valence-electron chi connectivity index (χ4n) is 2.91. The number of aromatic nitrogens is 2. The van der Waals surface area contributed by atoms with Crippen LogP contribution in [0.15, 0.2) is 34.7 Å². The molecule has 3 heterocycles. The van der Waals surface area contributed by atoms with E-state index in [1.807, 2.05) is 0 Å². The Hall–Kier alpha value is -2.96. The number of aromatic carboxylic acids is 1. The molecule has 1 N–H and O–H groups in total. The summed E-state index contributed by atoms with van der Waals surface area (Å²) in [5.41, 5.74) is 1.89. The molecule has 2 aromatic heterocycles. The molecule has 4 rings (SSSR count). The first-order valence-corrected chi connectivity index (χ1v) is 7.67. The zero-order valence-corrected chi connectivity index (χ0v) is 12.7. The van der Waals surface area contributed by atoms with Gasteiger partial charge >= 0.3 is 5.97 Å². The Labute approximate surface area is 136 Å². The third-order valence-electron chi connectivity index (χ3n) is 4.08. The molecule has 0 unspecified atom stereocenters. The maximum atomic E-state index is 13.2. The molecule has 1 fully saturated rings. The van der Waals surface area contributed by atoms with Crippen molar-refractivity contribution < 1.29 is 18.7 Å². The molecule has 1 aromatic carbocycles. The van der Waals surface area contributed by atoms with E-state index in [1.54, 1.807) is 12.1 Å². The second-order valence-electron chi connectivity index (χ2n) is 5.70. The van der Waals surface area contributed by atoms with Crippen LogP contribution in [0, 0.1) is 5.82 Å². The van der Waals surface area contributed by atoms with E-state index >= 15 is 0 Å². The molecule has 0 amide bonds. The minimum Gasteiger partial charge on any atom is -0.475 e. The highest BCUT2D eigenvalue weighted by Gasteiger charge is 2.22. The minimum absolute atomic E-state index is 0.195. The first-order chi connectivity index (χ1) is 11.6. The summed E-state index contributed by atoms with van der Waals surface area (Å²) in [5, 5.41) is 9.08. The van der Waals surface area contributed by atoms with Crippen molar-refractivity contribution in [3.63, 3.8) is 0 Å². The summed E-state index contributed by atoms with van der Waals surface area (Å²) in [7, 11) is 0. The predicted molar refractivity (Wildman–Crippen MR) is 85.6 cm³/mol. The Bertz CT molecular complexity index is 915. The fourth-order valence-corrected chi connectivity index (χ4v) is 2.91. The molecule has 0 bridgehead atoms. The molecule has 6 nitrogen and oxygen atoms in total. The van der Waals surface area contributed by atoms with Gasteiger partial charge in [-0.1, -0.05) is 0 Å². The number of nitrogens with zero attached hydrogens (tertiary/aromatic N) is 3. The van der Waals surface area contributed by atoms with Crippen LogP contribution in [0.5, 0.6) is 0 Å². The van der Waals surface area contributed by atoms with Gasteiger partial charge in [-0.15, -0.1) is 0 Å². The number of fused-ring (bicyclic) bond motifs is 1. The summed E-state index contributed by atoms with van der Waals surface area (Å²) in [6.45, 7) is 1.70. The molecule has 0 atom stereocenters. The number of furan rings is 1. The van der Waals surface area contributed by atoms with Crippen LogP contribution < -0.4 is 4.90 Å². The molecular weight excluding hydrogens is 313 g/mol. The zero-order valence-electron chi connectivity index (χ0n) is 12.7. The van der Waals surface area contributed by atoms with Crippen molar-refractivity contribution in [1.29, 1.82) is 0 Å². The molecule has 0 spiro atoms. The summed E-state index contributed by atoms with van der Waals surface area (Å²) in [5.74, 6) is -1.06. The smallest absolute Gasteiger partial charge is 0.371 e. The van der Waals surface area contributed by atoms with Gasteiger partial charge in [0.05, 0.1) is 0 Å². The number of carboxylic acid groups (broad SMARTS) is 1. The number of carbonyl (C=O) groups is 1. The third-order valence-corrected chi connectivity index (χ3v) is 4.08. The van der Waals surface area contributed by atoms with Crippen LogP contribution in [-0.2, 0) is 0 Å². The van der Waals surface area contributed by atoms with Crippen LogP contribution in [0.3, 0.4) is 0 Å². The Balaban J connectivity index is 1.92. The van der Waals surface area contributed by atoms with Crippen molar-refractivity contribution in [1.82, 2.24) is 9.97 Å². The number of benzene rings is 1. The lowest BCUT2D eigenvalue weighted by Gasteiger charge is -2.19. The normalized spacial score (nSPS) is 14.5. The molecule has 0 aliphatic carbocycles. The fraction of sp³-hybridized carbons (Fsp3) is 0.235. The molecule has 0 radical (unpaired) electrons. The van der Waals surface area contributed by atoms with E-state index in [1.165, 1.54) is 18.2 Å². The van der Waals surface area contributed by atoms with Crippen LogP contribution in [0.2, 0.25) is 0 Å². The monoisotopic (exact) mass is 327 g/mol. The van der Waals surface area contributed by atoms with Gasteiger partial charge in [0.2, 0.25) is 11.5 Å². The van der Waals surface area contributed by atoms with E-state index in [2.05, 4.69) is 14.9 Å². The number of hydrogen-bond donors (Lipinski definition) is 1. The molecule has 122 valence electrons. The van der Waals surface area contributed by atoms with Crippen molar-refractivity contribution in [3.05, 3.63) is 41.9 Å². The maximum Gasteiger partial charge on any atom is 0.371 e. The minimum atomic E-state index is -1.17. The summed E-state index contributed by atoms with van der Waals surface area (Å²) in [6, 6.07) is 7.37. The predicted octanol–water partition coefficient (Wildman–Crippen LogP) is 3.33. The molecular formula is C17H14FN3O3. The SMILES string of the molecule is O=C(O)c1cc2nc(-c3ccc(F)cc3)c(N3CCCC3)nc2o1. The van der Waals surface area contributed by atoms with Gasteiger partial charge in [-0.25, -0.2) is 14.2 Å². The largest absolute Gasteiger partial charge is 0.475 e. The van der Waals surface area contributed by atoms with Crippen LogP contribution in [0.4, 0.5) is 10.2 Å². The summed E-state index contributed by atoms with van der Waals surface area (Å²) < 4.78 is 18.5. The van der Waals surface area contributed by atoms with Crippen molar-refractivity contribution in [2.75, 3.05) is 18.0 Å². The average molecular weight is 327 g/mol. The standard InChI is InChI=1S/C17H14FN3O3/c18-11-5-3-10(4-6-11)14-15(21-7-1-2-8-21)20-16-12(19-14)9-13(24-16)17(22)23/h3-6,9H,1-2,7-8H2,(H,22,23). The highest BCUT2D eigenvalue weighted by Crippen LogP contribution is 2.32. The van der Waals surface area contributed by atoms with E-state index in [0.29, 0.717) is 17.0 Å². The van der Waals surface area contributed by atoms with Crippen LogP contribution in [0.25, 0.3) is 22.5 Å². The highest BCUT2D eigenvalue weighted by molar-refractivity contribution is 5.90. The topological polar surface area (TPSA) is 79.5 Å². The summed E-state index contributed by atoms with van der Waals surface area (Å²) in [6.07, 6.45) is 2.11. The van der Waals surface area contributed by atoms with Gasteiger partial charge in [-0.2, -0.15) is 4.98 Å². The van der Waals surface area contributed by atoms with E-state index in [4.69, 9.17) is 9.52 Å². The van der Waals surface area contributed by atoms with Gasteiger partial charge in [-0.05, 0) is 37.1 Å². The molecule has 7 heteroatoms. The maximum absolute atomic E-state index is 13.2. The van der Waals surface area contributed by atoms with Crippen molar-refractivity contribution in [2.45, 2.75) is 12.8 Å². The molecule has 1 saturated heterocycles. The van der Waals surface area contributed by atoms with Gasteiger partial charge in [0.1, 0.15) is 17.0 Å². The number of anilines is 1. The van der Waals surface area contributed by atoms with Gasteiger partial charge < -0.3 is 14.4 Å². The second-order valence-corrected chi connectivity index (χ2v) is 5.70. The van der Waals surface area contributed by atoms with Gasteiger partial charge in [0, 0.05) is 24.7 Å². The first-order valence-electron chi connectivity index (χ1n) is 7.67. The van der Waals surface area contributed by atoms with E-state index < -0.39 is 5.97 Å². The number of carboxylic acids is 1. The van der Waals surface area contributed by atoms with E-state index in [9.17, 15) is 9.18 Å². The highest BCUT2D eigenvalue weighted by atomic mass is 19.1. The Morgan fingerprint density at radius 2 is 1.88 bits per heavy atom. The molecule has 0 saturated carbocycles. The number of halogens is 1. The lowest BCUT2D eigenvalue weighted by molar-refractivity contribution is 0.0664. The lowest BCUT2D eigenvalue weighted by atomic mass is 10.1. The zero-order chi connectivity index (χ0) is 16.7. The van der Waals surface area contributed by atoms with Crippen LogP contribution in [0.1, 0.15) is 23.4 Å². The molecule has 24 heavy (non-hydrogen) atoms. The summed E-state index contributed by atoms with van der Waals surface area (Å²) in [4.78, 5) is 22.2. The number of hydrogen-bond acceptors (Lipinski definition) is 5. The Morgan fingerprint density at radius 1 is 1.17 bits per heavy atom. The summed E-state index contributed by atoms with van der Waals surface area (Å²) >= 11 is 0. The lowest BCUT2D eigenvalue weighted by Crippen LogP contribution is -2.20. The Morgan fingerprint density at radius 3 is 2.54 bits per heavy atom. The molecule has 1 aliphatic heterocycles. The third kappa shape index (κ3) is 2.47. The van der Waals surface area contributed by atoms with Gasteiger partial charge in [0.25, 0.3) is 0 Å². The second kappa shape index (κ2) is 5.59. The molecule has 3 aromatic rings. The van der Waals surface area contributed by atoms with E-state index in [0.717, 1.165) is 31.5 Å². The van der Waals surface area contributed by atoms with Crippen LogP contribution in [-0.4, -0.2) is 34.1 Å². The van der Waals surface area contributed by atoms with Crippen LogP contribution >= 0.6 is 0 Å².